The van der Waals surface area contributed by atoms with Crippen molar-refractivity contribution in [2.45, 2.75) is 39.5 Å². The molecule has 0 saturated heterocycles. The number of methoxy groups -OCH3 is 2. The highest BCUT2D eigenvalue weighted by atomic mass is 19.1. The van der Waals surface area contributed by atoms with E-state index in [1.165, 1.54) is 14.2 Å². The molecular weight excluding hydrogens is 368 g/mol. The van der Waals surface area contributed by atoms with Crippen molar-refractivity contribution in [3.8, 4) is 5.75 Å². The van der Waals surface area contributed by atoms with Crippen LogP contribution in [0.3, 0.4) is 0 Å². The summed E-state index contributed by atoms with van der Waals surface area (Å²) in [5, 5.41) is 3.10. The molecule has 1 N–H and O–H groups in total. The van der Waals surface area contributed by atoms with Gasteiger partial charge in [0.2, 0.25) is 0 Å². The van der Waals surface area contributed by atoms with E-state index in [-0.39, 0.29) is 40.1 Å². The molecule has 0 amide bonds. The molecular formula is C21H23F2NO4. The van der Waals surface area contributed by atoms with E-state index in [4.69, 9.17) is 9.47 Å². The first kappa shape index (κ1) is 20.0. The van der Waals surface area contributed by atoms with Crippen molar-refractivity contribution < 1.29 is 27.8 Å². The van der Waals surface area contributed by atoms with Gasteiger partial charge in [-0.25, -0.2) is 13.6 Å². The predicted octanol–water partition coefficient (Wildman–Crippen LogP) is 3.75. The van der Waals surface area contributed by atoms with E-state index < -0.39 is 23.5 Å². The minimum atomic E-state index is -1.18. The van der Waals surface area contributed by atoms with Gasteiger partial charge >= 0.3 is 5.97 Å². The van der Waals surface area contributed by atoms with Crippen LogP contribution in [0.25, 0.3) is 0 Å². The number of rotatable bonds is 3. The Kier molecular flexibility index (Phi) is 5.04. The Morgan fingerprint density at radius 1 is 1.18 bits per heavy atom. The van der Waals surface area contributed by atoms with Crippen LogP contribution in [0.15, 0.2) is 34.7 Å². The van der Waals surface area contributed by atoms with Crippen LogP contribution in [0.1, 0.15) is 45.1 Å². The fraction of sp³-hybridized carbons (Fsp3) is 0.429. The molecule has 1 aromatic rings. The van der Waals surface area contributed by atoms with Gasteiger partial charge in [-0.15, -0.1) is 0 Å². The third kappa shape index (κ3) is 3.30. The molecule has 1 unspecified atom stereocenters. The summed E-state index contributed by atoms with van der Waals surface area (Å²) in [6, 6.07) is 2.09. The highest BCUT2D eigenvalue weighted by Crippen LogP contribution is 2.48. The van der Waals surface area contributed by atoms with Crippen molar-refractivity contribution >= 4 is 11.8 Å². The lowest BCUT2D eigenvalue weighted by Crippen LogP contribution is -2.39. The van der Waals surface area contributed by atoms with E-state index in [1.807, 2.05) is 13.8 Å². The van der Waals surface area contributed by atoms with Crippen LogP contribution in [-0.2, 0) is 14.3 Å². The van der Waals surface area contributed by atoms with Gasteiger partial charge in [-0.1, -0.05) is 13.8 Å². The third-order valence-corrected chi connectivity index (χ3v) is 5.22. The lowest BCUT2D eigenvalue weighted by molar-refractivity contribution is -0.136. The first-order valence-corrected chi connectivity index (χ1v) is 8.95. The Morgan fingerprint density at radius 3 is 2.32 bits per heavy atom. The number of hydrogen-bond donors (Lipinski definition) is 1. The van der Waals surface area contributed by atoms with Crippen LogP contribution in [0, 0.1) is 17.0 Å². The van der Waals surface area contributed by atoms with Gasteiger partial charge in [0.15, 0.2) is 5.78 Å². The van der Waals surface area contributed by atoms with E-state index in [1.54, 1.807) is 6.92 Å². The van der Waals surface area contributed by atoms with Gasteiger partial charge in [0.1, 0.15) is 17.4 Å². The minimum absolute atomic E-state index is 0.0123. The molecule has 0 fully saturated rings. The number of hydrogen-bond acceptors (Lipinski definition) is 5. The zero-order valence-electron chi connectivity index (χ0n) is 16.5. The topological polar surface area (TPSA) is 64.6 Å². The molecule has 28 heavy (non-hydrogen) atoms. The van der Waals surface area contributed by atoms with Gasteiger partial charge in [0, 0.05) is 41.1 Å². The van der Waals surface area contributed by atoms with E-state index in [0.717, 1.165) is 12.1 Å². The Morgan fingerprint density at radius 2 is 1.79 bits per heavy atom. The summed E-state index contributed by atoms with van der Waals surface area (Å²) in [7, 11) is 2.49. The zero-order valence-corrected chi connectivity index (χ0v) is 16.5. The number of nitrogens with one attached hydrogen (secondary N) is 1. The number of allylic oxidation sites excluding steroid dienone is 3. The molecule has 0 aromatic heterocycles. The van der Waals surface area contributed by atoms with Crippen molar-refractivity contribution in [2.75, 3.05) is 14.2 Å². The number of carbonyl (C=O) groups excluding carboxylic acids is 2. The highest BCUT2D eigenvalue weighted by molar-refractivity contribution is 6.04. The van der Waals surface area contributed by atoms with E-state index in [2.05, 4.69) is 5.32 Å². The molecule has 5 nitrogen and oxygen atoms in total. The number of halogens is 2. The average molecular weight is 391 g/mol. The number of Topliss-reactive ketones (excluding diaryl/α,β-unsaturated/α-hetero) is 1. The fourth-order valence-corrected chi connectivity index (χ4v) is 4.06. The van der Waals surface area contributed by atoms with Crippen molar-refractivity contribution in [1.82, 2.24) is 5.32 Å². The monoisotopic (exact) mass is 391 g/mol. The Bertz CT molecular complexity index is 907. The average Bonchev–Trinajstić information content (AvgIpc) is 2.58. The van der Waals surface area contributed by atoms with Crippen LogP contribution >= 0.6 is 0 Å². The van der Waals surface area contributed by atoms with E-state index in [9.17, 15) is 18.4 Å². The summed E-state index contributed by atoms with van der Waals surface area (Å²) in [6.45, 7) is 5.54. The number of benzene rings is 1. The number of carbonyl (C=O) groups is 2. The molecule has 1 aromatic carbocycles. The molecule has 0 saturated carbocycles. The van der Waals surface area contributed by atoms with Gasteiger partial charge in [-0.3, -0.25) is 4.79 Å². The summed E-state index contributed by atoms with van der Waals surface area (Å²) in [6.07, 6.45) is 0.743. The second kappa shape index (κ2) is 7.04. The Balaban J connectivity index is 2.29. The van der Waals surface area contributed by atoms with Gasteiger partial charge < -0.3 is 14.8 Å². The number of ketones is 1. The minimum Gasteiger partial charge on any atom is -0.497 e. The second-order valence-electron chi connectivity index (χ2n) is 7.93. The SMILES string of the molecule is COC(=O)C1=C(C)NC2=C(C(=O)CC(C)(C)C2)C1c1c(F)cc(OC)cc1F. The highest BCUT2D eigenvalue weighted by Gasteiger charge is 2.44. The van der Waals surface area contributed by atoms with E-state index in [0.29, 0.717) is 17.8 Å². The first-order valence-electron chi connectivity index (χ1n) is 8.95. The summed E-state index contributed by atoms with van der Waals surface area (Å²) >= 11 is 0. The number of esters is 1. The molecule has 2 aliphatic rings. The first-order chi connectivity index (χ1) is 13.1. The quantitative estimate of drug-likeness (QED) is 0.795. The maximum absolute atomic E-state index is 14.9. The van der Waals surface area contributed by atoms with Crippen LogP contribution in [0.5, 0.6) is 5.75 Å². The number of ether oxygens (including phenoxy) is 2. The largest absolute Gasteiger partial charge is 0.497 e. The molecule has 1 aliphatic carbocycles. The smallest absolute Gasteiger partial charge is 0.336 e. The summed E-state index contributed by atoms with van der Waals surface area (Å²) in [4.78, 5) is 25.5. The molecule has 1 heterocycles. The van der Waals surface area contributed by atoms with Crippen LogP contribution < -0.4 is 10.1 Å². The maximum atomic E-state index is 14.9. The van der Waals surface area contributed by atoms with Crippen molar-refractivity contribution in [2.24, 2.45) is 5.41 Å². The lowest BCUT2D eigenvalue weighted by Gasteiger charge is -2.39. The standard InChI is InChI=1S/C21H23F2NO4/c1-10-16(20(26)28-5)19(17-12(22)6-11(27-4)7-13(17)23)18-14(24-10)8-21(2,3)9-15(18)25/h6-7,19,24H,8-9H2,1-5H3. The summed E-state index contributed by atoms with van der Waals surface area (Å²) in [5.74, 6) is -3.93. The van der Waals surface area contributed by atoms with Gasteiger partial charge in [-0.2, -0.15) is 0 Å². The van der Waals surface area contributed by atoms with Crippen molar-refractivity contribution in [3.05, 3.63) is 51.9 Å². The van der Waals surface area contributed by atoms with Gasteiger partial charge in [0.25, 0.3) is 0 Å². The Hall–Kier alpha value is -2.70. The fourth-order valence-electron chi connectivity index (χ4n) is 4.06. The molecule has 150 valence electrons. The molecule has 0 spiro atoms. The van der Waals surface area contributed by atoms with Crippen molar-refractivity contribution in [1.29, 1.82) is 0 Å². The maximum Gasteiger partial charge on any atom is 0.336 e. The van der Waals surface area contributed by atoms with Crippen LogP contribution in [0.2, 0.25) is 0 Å². The van der Waals surface area contributed by atoms with Crippen LogP contribution in [0.4, 0.5) is 8.78 Å². The zero-order chi connectivity index (χ0) is 20.8. The number of dihydropyridines is 1. The predicted molar refractivity (Wildman–Crippen MR) is 98.6 cm³/mol. The van der Waals surface area contributed by atoms with Crippen molar-refractivity contribution in [3.63, 3.8) is 0 Å². The summed E-state index contributed by atoms with van der Waals surface area (Å²) < 4.78 is 39.6. The third-order valence-electron chi connectivity index (χ3n) is 5.22. The van der Waals surface area contributed by atoms with Gasteiger partial charge in [0.05, 0.1) is 25.7 Å². The molecule has 0 radical (unpaired) electrons. The normalized spacial score (nSPS) is 21.2. The van der Waals surface area contributed by atoms with E-state index >= 15 is 0 Å². The molecule has 1 atom stereocenters. The second-order valence-corrected chi connectivity index (χ2v) is 7.93. The molecule has 1 aliphatic heterocycles. The molecule has 7 heteroatoms. The summed E-state index contributed by atoms with van der Waals surface area (Å²) in [5.41, 5.74) is 0.586. The molecule has 0 bridgehead atoms. The van der Waals surface area contributed by atoms with Gasteiger partial charge in [-0.05, 0) is 18.8 Å². The Labute approximate surface area is 162 Å². The lowest BCUT2D eigenvalue weighted by atomic mass is 9.68. The molecule has 3 rings (SSSR count). The van der Waals surface area contributed by atoms with Crippen LogP contribution in [-0.4, -0.2) is 26.0 Å².